The Morgan fingerprint density at radius 2 is 1.75 bits per heavy atom. The van der Waals surface area contributed by atoms with Crippen LogP contribution in [0.4, 0.5) is 0 Å². The highest BCUT2D eigenvalue weighted by Crippen LogP contribution is 2.28. The molecule has 0 aromatic carbocycles. The van der Waals surface area contributed by atoms with E-state index in [4.69, 9.17) is 10.1 Å². The summed E-state index contributed by atoms with van der Waals surface area (Å²) >= 11 is 0. The average Bonchev–Trinajstić information content (AvgIpc) is 2.46. The van der Waals surface area contributed by atoms with E-state index in [-0.39, 0.29) is 5.71 Å². The fraction of sp³-hybridized carbons (Fsp3) is 0.733. The molecule has 0 unspecified atom stereocenters. The number of amides is 1. The second-order valence-electron chi connectivity index (χ2n) is 6.82. The molecule has 1 aliphatic rings. The van der Waals surface area contributed by atoms with Crippen LogP contribution in [0.15, 0.2) is 12.0 Å². The van der Waals surface area contributed by atoms with Crippen molar-refractivity contribution in [2.24, 2.45) is 0 Å². The van der Waals surface area contributed by atoms with Crippen LogP contribution in [0.3, 0.4) is 0 Å². The zero-order valence-electron chi connectivity index (χ0n) is 14.4. The lowest BCUT2D eigenvalue weighted by atomic mass is 10.0. The van der Waals surface area contributed by atoms with Gasteiger partial charge in [0.1, 0.15) is 10.3 Å². The minimum Gasteiger partial charge on any atom is -0.494 e. The Morgan fingerprint density at radius 1 is 1.25 bits per heavy atom. The predicted molar refractivity (Wildman–Crippen MR) is 89.7 cm³/mol. The zero-order valence-corrected chi connectivity index (χ0v) is 15.2. The Bertz CT molecular complexity index is 625. The van der Waals surface area contributed by atoms with Crippen molar-refractivity contribution >= 4 is 21.5 Å². The quantitative estimate of drug-likeness (QED) is 0.405. The monoisotopic (exact) mass is 362 g/mol. The van der Waals surface area contributed by atoms with Gasteiger partial charge in [-0.1, -0.05) is 0 Å². The van der Waals surface area contributed by atoms with E-state index in [1.54, 1.807) is 0 Å². The molecule has 138 valence electrons. The summed E-state index contributed by atoms with van der Waals surface area (Å²) in [6.07, 6.45) is 1.52. The number of sulfone groups is 1. The zero-order chi connectivity index (χ0) is 18.8. The first-order valence-corrected chi connectivity index (χ1v) is 9.19. The Labute approximate surface area is 142 Å². The van der Waals surface area contributed by atoms with Crippen LogP contribution in [0.25, 0.3) is 0 Å². The molecular weight excluding hydrogens is 336 g/mol. The smallest absolute Gasteiger partial charge is 0.247 e. The Balaban J connectivity index is 2.92. The molecule has 0 aromatic heterocycles. The van der Waals surface area contributed by atoms with E-state index in [0.717, 1.165) is 6.08 Å². The maximum absolute atomic E-state index is 12.7. The number of nitrogens with one attached hydrogen (secondary N) is 2. The topological polar surface area (TPSA) is 137 Å². The van der Waals surface area contributed by atoms with Crippen molar-refractivity contribution in [3.63, 3.8) is 0 Å². The molecule has 1 heterocycles. The van der Waals surface area contributed by atoms with Crippen LogP contribution >= 0.6 is 0 Å². The lowest BCUT2D eigenvalue weighted by Gasteiger charge is -2.31. The van der Waals surface area contributed by atoms with E-state index in [1.165, 1.54) is 27.7 Å². The van der Waals surface area contributed by atoms with Crippen LogP contribution in [0.2, 0.25) is 0 Å². The summed E-state index contributed by atoms with van der Waals surface area (Å²) in [7, 11) is -3.80. The lowest BCUT2D eigenvalue weighted by molar-refractivity contribution is -0.122. The molecule has 1 fully saturated rings. The molecule has 24 heavy (non-hydrogen) atoms. The molecule has 1 rings (SSSR count). The highest BCUT2D eigenvalue weighted by Gasteiger charge is 2.46. The first-order chi connectivity index (χ1) is 10.8. The van der Waals surface area contributed by atoms with Crippen molar-refractivity contribution in [1.82, 2.24) is 5.32 Å². The van der Waals surface area contributed by atoms with Crippen molar-refractivity contribution in [1.29, 1.82) is 5.41 Å². The summed E-state index contributed by atoms with van der Waals surface area (Å²) < 4.78 is 28.8. The van der Waals surface area contributed by atoms with Gasteiger partial charge < -0.3 is 20.4 Å². The number of ether oxygens (including phenoxy) is 1. The van der Waals surface area contributed by atoms with Gasteiger partial charge in [0.05, 0.1) is 11.0 Å². The van der Waals surface area contributed by atoms with Gasteiger partial charge in [0.15, 0.2) is 15.7 Å². The van der Waals surface area contributed by atoms with Crippen LogP contribution in [-0.2, 0) is 19.4 Å². The molecule has 1 aliphatic heterocycles. The largest absolute Gasteiger partial charge is 0.494 e. The van der Waals surface area contributed by atoms with Crippen molar-refractivity contribution in [3.05, 3.63) is 12.0 Å². The lowest BCUT2D eigenvalue weighted by Crippen LogP contribution is -2.52. The molecule has 0 radical (unpaired) electrons. The van der Waals surface area contributed by atoms with Crippen LogP contribution in [0.1, 0.15) is 40.5 Å². The number of aliphatic hydroxyl groups is 2. The predicted octanol–water partition coefficient (Wildman–Crippen LogP) is 0.665. The third-order valence-corrected chi connectivity index (χ3v) is 7.00. The minimum atomic E-state index is -3.80. The molecule has 0 atom stereocenters. The molecule has 0 aromatic rings. The minimum absolute atomic E-state index is 0.324. The Kier molecular flexibility index (Phi) is 6.18. The van der Waals surface area contributed by atoms with Crippen molar-refractivity contribution in [3.8, 4) is 0 Å². The molecule has 0 aliphatic carbocycles. The van der Waals surface area contributed by atoms with Gasteiger partial charge in [0.25, 0.3) is 0 Å². The number of carbonyl (C=O) groups is 1. The maximum atomic E-state index is 12.7. The van der Waals surface area contributed by atoms with Crippen LogP contribution in [0.5, 0.6) is 0 Å². The summed E-state index contributed by atoms with van der Waals surface area (Å²) in [5.74, 6) is -1.59. The normalized spacial score (nSPS) is 18.3. The Morgan fingerprint density at radius 3 is 2.21 bits per heavy atom. The van der Waals surface area contributed by atoms with Crippen molar-refractivity contribution in [2.75, 3.05) is 13.2 Å². The van der Waals surface area contributed by atoms with E-state index in [2.05, 4.69) is 5.32 Å². The molecule has 0 bridgehead atoms. The van der Waals surface area contributed by atoms with E-state index in [0.29, 0.717) is 26.1 Å². The number of hydrogen-bond donors (Lipinski definition) is 4. The molecule has 1 saturated heterocycles. The van der Waals surface area contributed by atoms with E-state index < -0.39 is 37.2 Å². The molecule has 9 heteroatoms. The molecule has 8 nitrogen and oxygen atoms in total. The van der Waals surface area contributed by atoms with E-state index >= 15 is 0 Å². The van der Waals surface area contributed by atoms with E-state index in [1.807, 2.05) is 0 Å². The fourth-order valence-corrected chi connectivity index (χ4v) is 4.10. The van der Waals surface area contributed by atoms with Gasteiger partial charge in [0, 0.05) is 19.3 Å². The second-order valence-corrected chi connectivity index (χ2v) is 9.60. The maximum Gasteiger partial charge on any atom is 0.247 e. The Hall–Kier alpha value is -1.45. The van der Waals surface area contributed by atoms with Gasteiger partial charge in [0.2, 0.25) is 5.91 Å². The summed E-state index contributed by atoms with van der Waals surface area (Å²) in [6.45, 7) is 5.91. The van der Waals surface area contributed by atoms with Gasteiger partial charge in [-0.25, -0.2) is 8.42 Å². The average molecular weight is 362 g/mol. The third kappa shape index (κ3) is 4.55. The first kappa shape index (κ1) is 20.6. The van der Waals surface area contributed by atoms with Crippen LogP contribution in [-0.4, -0.2) is 59.1 Å². The van der Waals surface area contributed by atoms with Gasteiger partial charge in [-0.15, -0.1) is 0 Å². The van der Waals surface area contributed by atoms with Crippen LogP contribution in [0, 0.1) is 5.41 Å². The summed E-state index contributed by atoms with van der Waals surface area (Å²) in [6, 6.07) is 0. The molecule has 0 spiro atoms. The summed E-state index contributed by atoms with van der Waals surface area (Å²) in [5, 5.41) is 28.4. The molecular formula is C15H26N2O6S. The van der Waals surface area contributed by atoms with Crippen molar-refractivity contribution < 1.29 is 28.2 Å². The van der Waals surface area contributed by atoms with E-state index in [9.17, 15) is 23.4 Å². The number of carbonyl (C=O) groups excluding carboxylic acids is 1. The van der Waals surface area contributed by atoms with Gasteiger partial charge in [-0.05, 0) is 40.5 Å². The standard InChI is InChI=1S/C15H26N2O6S/c1-14(2,20)11(16)9-12(18)17-13(19)15(3,4)24(21,22)10-5-7-23-8-6-10/h9-10,16,18,20H,5-8H2,1-4H3,(H,17,19)/b12-9-,16-11?. The van der Waals surface area contributed by atoms with Gasteiger partial charge in [-0.2, -0.15) is 0 Å². The van der Waals surface area contributed by atoms with Gasteiger partial charge >= 0.3 is 0 Å². The highest BCUT2D eigenvalue weighted by molar-refractivity contribution is 7.94. The third-order valence-electron chi connectivity index (χ3n) is 4.05. The highest BCUT2D eigenvalue weighted by atomic mass is 32.2. The summed E-state index contributed by atoms with van der Waals surface area (Å²) in [5.41, 5.74) is -1.83. The number of rotatable bonds is 6. The molecule has 0 saturated carbocycles. The second kappa shape index (κ2) is 7.20. The summed E-state index contributed by atoms with van der Waals surface area (Å²) in [4.78, 5) is 12.3. The fourth-order valence-electron chi connectivity index (χ4n) is 2.15. The molecule has 1 amide bonds. The molecule has 4 N–H and O–H groups in total. The number of aliphatic hydroxyl groups excluding tert-OH is 1. The number of hydrogen-bond acceptors (Lipinski definition) is 7. The first-order valence-electron chi connectivity index (χ1n) is 7.65. The van der Waals surface area contributed by atoms with Crippen molar-refractivity contribution in [2.45, 2.75) is 56.1 Å². The van der Waals surface area contributed by atoms with Gasteiger partial charge in [-0.3, -0.25) is 10.1 Å². The van der Waals surface area contributed by atoms with Crippen LogP contribution < -0.4 is 5.32 Å². The SMILES string of the molecule is CC(C)(O)C(=N)/C=C(\O)NC(=O)C(C)(C)S(=O)(=O)C1CCOCC1.